The quantitative estimate of drug-likeness (QED) is 0.734. The number of allylic oxidation sites excluding steroid dienone is 4. The van der Waals surface area contributed by atoms with Crippen molar-refractivity contribution in [2.24, 2.45) is 5.92 Å². The highest BCUT2D eigenvalue weighted by Crippen LogP contribution is 2.35. The molecule has 3 rings (SSSR count). The SMILES string of the molecule is CC1=C(C)C(=O)C2=C(CCC(CN3CCOCC3)CC2)C1=O. The summed E-state index contributed by atoms with van der Waals surface area (Å²) >= 11 is 0. The molecule has 4 heteroatoms. The van der Waals surface area contributed by atoms with Crippen molar-refractivity contribution >= 4 is 11.6 Å². The van der Waals surface area contributed by atoms with Crippen molar-refractivity contribution in [2.45, 2.75) is 39.5 Å². The second-order valence-corrected chi connectivity index (χ2v) is 6.72. The number of carbonyl (C=O) groups is 2. The zero-order chi connectivity index (χ0) is 15.7. The summed E-state index contributed by atoms with van der Waals surface area (Å²) in [6, 6.07) is 0. The molecule has 1 fully saturated rings. The summed E-state index contributed by atoms with van der Waals surface area (Å²) in [5.74, 6) is 0.795. The lowest BCUT2D eigenvalue weighted by molar-refractivity contribution is -0.116. The van der Waals surface area contributed by atoms with E-state index in [2.05, 4.69) is 4.90 Å². The number of nitrogens with zero attached hydrogens (tertiary/aromatic N) is 1. The number of hydrogen-bond acceptors (Lipinski definition) is 4. The number of morpholine rings is 1. The predicted octanol–water partition coefficient (Wildman–Crippen LogP) is 2.29. The Balaban J connectivity index is 1.67. The Bertz CT molecular complexity index is 515. The van der Waals surface area contributed by atoms with Gasteiger partial charge in [0.05, 0.1) is 13.2 Å². The van der Waals surface area contributed by atoms with Gasteiger partial charge < -0.3 is 4.74 Å². The summed E-state index contributed by atoms with van der Waals surface area (Å²) in [7, 11) is 0. The fourth-order valence-corrected chi connectivity index (χ4v) is 3.77. The van der Waals surface area contributed by atoms with Gasteiger partial charge in [-0.15, -0.1) is 0 Å². The van der Waals surface area contributed by atoms with Crippen LogP contribution < -0.4 is 0 Å². The van der Waals surface area contributed by atoms with E-state index in [-0.39, 0.29) is 11.6 Å². The van der Waals surface area contributed by atoms with Crippen LogP contribution in [0.1, 0.15) is 39.5 Å². The van der Waals surface area contributed by atoms with E-state index >= 15 is 0 Å². The molecule has 22 heavy (non-hydrogen) atoms. The van der Waals surface area contributed by atoms with Crippen LogP contribution in [0.25, 0.3) is 0 Å². The van der Waals surface area contributed by atoms with Crippen LogP contribution in [0.4, 0.5) is 0 Å². The molecule has 0 unspecified atom stereocenters. The number of Topliss-reactive ketones (excluding diaryl/α,β-unsaturated/α-hetero) is 2. The predicted molar refractivity (Wildman–Crippen MR) is 84.6 cm³/mol. The third-order valence-electron chi connectivity index (χ3n) is 5.38. The van der Waals surface area contributed by atoms with Gasteiger partial charge in [-0.05, 0) is 45.4 Å². The summed E-state index contributed by atoms with van der Waals surface area (Å²) in [5.41, 5.74) is 2.90. The maximum absolute atomic E-state index is 12.5. The molecular weight excluding hydrogens is 278 g/mol. The summed E-state index contributed by atoms with van der Waals surface area (Å²) in [4.78, 5) is 27.4. The molecule has 0 amide bonds. The molecule has 0 atom stereocenters. The topological polar surface area (TPSA) is 46.6 Å². The van der Waals surface area contributed by atoms with Crippen LogP contribution in [-0.4, -0.2) is 49.3 Å². The normalized spacial score (nSPS) is 25.5. The van der Waals surface area contributed by atoms with Crippen LogP contribution in [0.3, 0.4) is 0 Å². The van der Waals surface area contributed by atoms with Crippen LogP contribution in [0.2, 0.25) is 0 Å². The minimum absolute atomic E-state index is 0.110. The molecular formula is C18H25NO3. The third-order valence-corrected chi connectivity index (χ3v) is 5.38. The summed E-state index contributed by atoms with van der Waals surface area (Å²) in [6.45, 7) is 8.28. The van der Waals surface area contributed by atoms with E-state index < -0.39 is 0 Å². The zero-order valence-corrected chi connectivity index (χ0v) is 13.6. The molecule has 0 saturated carbocycles. The minimum atomic E-state index is 0.110. The Hall–Kier alpha value is -1.26. The van der Waals surface area contributed by atoms with E-state index in [1.807, 2.05) is 0 Å². The van der Waals surface area contributed by atoms with Crippen LogP contribution >= 0.6 is 0 Å². The number of hydrogen-bond donors (Lipinski definition) is 0. The number of ketones is 2. The third kappa shape index (κ3) is 2.95. The smallest absolute Gasteiger partial charge is 0.185 e. The zero-order valence-electron chi connectivity index (χ0n) is 13.6. The summed E-state index contributed by atoms with van der Waals surface area (Å²) in [6.07, 6.45) is 3.56. The lowest BCUT2D eigenvalue weighted by Crippen LogP contribution is -2.39. The average molecular weight is 303 g/mol. The molecule has 120 valence electrons. The molecule has 1 saturated heterocycles. The first kappa shape index (κ1) is 15.6. The van der Waals surface area contributed by atoms with Crippen LogP contribution in [-0.2, 0) is 14.3 Å². The molecule has 1 aliphatic heterocycles. The molecule has 3 aliphatic rings. The maximum Gasteiger partial charge on any atom is 0.185 e. The molecule has 2 aliphatic carbocycles. The Kier molecular flexibility index (Phi) is 4.59. The van der Waals surface area contributed by atoms with E-state index in [1.165, 1.54) is 0 Å². The number of rotatable bonds is 2. The second-order valence-electron chi connectivity index (χ2n) is 6.72. The van der Waals surface area contributed by atoms with Crippen molar-refractivity contribution in [1.29, 1.82) is 0 Å². The Labute approximate surface area is 132 Å². The molecule has 1 heterocycles. The summed E-state index contributed by atoms with van der Waals surface area (Å²) < 4.78 is 5.40. The minimum Gasteiger partial charge on any atom is -0.379 e. The molecule has 0 bridgehead atoms. The number of ether oxygens (including phenoxy) is 1. The Morgan fingerprint density at radius 1 is 0.955 bits per heavy atom. The highest BCUT2D eigenvalue weighted by molar-refractivity contribution is 6.24. The largest absolute Gasteiger partial charge is 0.379 e. The highest BCUT2D eigenvalue weighted by Gasteiger charge is 2.32. The van der Waals surface area contributed by atoms with Crippen molar-refractivity contribution < 1.29 is 14.3 Å². The van der Waals surface area contributed by atoms with Crippen molar-refractivity contribution in [1.82, 2.24) is 4.90 Å². The summed E-state index contributed by atoms with van der Waals surface area (Å²) in [5, 5.41) is 0. The van der Waals surface area contributed by atoms with Gasteiger partial charge in [0.15, 0.2) is 11.6 Å². The van der Waals surface area contributed by atoms with Gasteiger partial charge in [0, 0.05) is 41.9 Å². The Morgan fingerprint density at radius 3 is 1.95 bits per heavy atom. The van der Waals surface area contributed by atoms with Crippen LogP contribution in [0.15, 0.2) is 22.3 Å². The van der Waals surface area contributed by atoms with E-state index in [9.17, 15) is 9.59 Å². The first-order valence-electron chi connectivity index (χ1n) is 8.37. The molecule has 0 aromatic rings. The van der Waals surface area contributed by atoms with Crippen LogP contribution in [0.5, 0.6) is 0 Å². The van der Waals surface area contributed by atoms with E-state index in [0.717, 1.165) is 69.7 Å². The van der Waals surface area contributed by atoms with Gasteiger partial charge >= 0.3 is 0 Å². The fraction of sp³-hybridized carbons (Fsp3) is 0.667. The van der Waals surface area contributed by atoms with E-state index in [4.69, 9.17) is 4.74 Å². The molecule has 0 spiro atoms. The lowest BCUT2D eigenvalue weighted by Gasteiger charge is -2.30. The standard InChI is InChI=1S/C18H25NO3/c1-12-13(2)18(21)16-6-4-14(3-5-15(16)17(12)20)11-19-7-9-22-10-8-19/h14H,3-11H2,1-2H3. The monoisotopic (exact) mass is 303 g/mol. The first-order chi connectivity index (χ1) is 10.6. The van der Waals surface area contributed by atoms with Gasteiger partial charge in [-0.3, -0.25) is 14.5 Å². The van der Waals surface area contributed by atoms with Gasteiger partial charge in [-0.25, -0.2) is 0 Å². The van der Waals surface area contributed by atoms with Crippen LogP contribution in [0, 0.1) is 5.92 Å². The van der Waals surface area contributed by atoms with E-state index in [1.54, 1.807) is 13.8 Å². The molecule has 4 nitrogen and oxygen atoms in total. The average Bonchev–Trinajstić information content (AvgIpc) is 2.75. The molecule has 0 N–H and O–H groups in total. The van der Waals surface area contributed by atoms with Crippen molar-refractivity contribution in [3.05, 3.63) is 22.3 Å². The van der Waals surface area contributed by atoms with Crippen molar-refractivity contribution in [3.8, 4) is 0 Å². The Morgan fingerprint density at radius 2 is 1.45 bits per heavy atom. The number of carbonyl (C=O) groups excluding carboxylic acids is 2. The second kappa shape index (κ2) is 6.47. The fourth-order valence-electron chi connectivity index (χ4n) is 3.77. The molecule has 0 aromatic heterocycles. The molecule has 0 aromatic carbocycles. The van der Waals surface area contributed by atoms with Gasteiger partial charge in [0.2, 0.25) is 0 Å². The van der Waals surface area contributed by atoms with Gasteiger partial charge in [-0.2, -0.15) is 0 Å². The van der Waals surface area contributed by atoms with Gasteiger partial charge in [-0.1, -0.05) is 0 Å². The first-order valence-corrected chi connectivity index (χ1v) is 8.37. The lowest BCUT2D eigenvalue weighted by atomic mass is 9.83. The van der Waals surface area contributed by atoms with Crippen molar-refractivity contribution in [2.75, 3.05) is 32.8 Å². The van der Waals surface area contributed by atoms with E-state index in [0.29, 0.717) is 17.1 Å². The van der Waals surface area contributed by atoms with Gasteiger partial charge in [0.25, 0.3) is 0 Å². The molecule has 0 radical (unpaired) electrons. The maximum atomic E-state index is 12.5. The van der Waals surface area contributed by atoms with Crippen molar-refractivity contribution in [3.63, 3.8) is 0 Å². The highest BCUT2D eigenvalue weighted by atomic mass is 16.5. The van der Waals surface area contributed by atoms with Gasteiger partial charge in [0.1, 0.15) is 0 Å².